The van der Waals surface area contributed by atoms with E-state index in [0.717, 1.165) is 6.54 Å². The molecule has 3 nitrogen and oxygen atoms in total. The third-order valence-corrected chi connectivity index (χ3v) is 2.13. The fourth-order valence-corrected chi connectivity index (χ4v) is 1.52. The molecule has 2 rings (SSSR count). The number of hydrogen-bond donors (Lipinski definition) is 1. The third kappa shape index (κ3) is 1.43. The molecule has 0 spiro atoms. The predicted octanol–water partition coefficient (Wildman–Crippen LogP) is 1.16. The van der Waals surface area contributed by atoms with Crippen LogP contribution in [-0.2, 0) is 0 Å². The van der Waals surface area contributed by atoms with Gasteiger partial charge in [0.15, 0.2) is 0 Å². The van der Waals surface area contributed by atoms with Gasteiger partial charge in [-0.15, -0.1) is 0 Å². The number of hydrogen-bond acceptors (Lipinski definition) is 2. The van der Waals surface area contributed by atoms with E-state index in [1.165, 1.54) is 19.3 Å². The number of nitrogens with zero attached hydrogens (tertiary/aromatic N) is 2. The van der Waals surface area contributed by atoms with Crippen molar-refractivity contribution in [3.63, 3.8) is 0 Å². The Kier molecular flexibility index (Phi) is 1.90. The maximum Gasteiger partial charge on any atom is 0.101 e. The van der Waals surface area contributed by atoms with Gasteiger partial charge in [0.1, 0.15) is 6.17 Å². The molecule has 1 N–H and O–H groups in total. The molecule has 1 fully saturated rings. The zero-order valence-corrected chi connectivity index (χ0v) is 6.53. The van der Waals surface area contributed by atoms with Crippen LogP contribution < -0.4 is 5.32 Å². The molecule has 1 saturated heterocycles. The number of nitrogens with one attached hydrogen (secondary N) is 1. The summed E-state index contributed by atoms with van der Waals surface area (Å²) in [5, 5.41) is 7.62. The lowest BCUT2D eigenvalue weighted by Gasteiger charge is -2.23. The quantitative estimate of drug-likeness (QED) is 0.652. The lowest BCUT2D eigenvalue weighted by atomic mass is 10.1. The molecule has 1 aromatic rings. The van der Waals surface area contributed by atoms with Crippen molar-refractivity contribution in [3.05, 3.63) is 18.5 Å². The summed E-state index contributed by atoms with van der Waals surface area (Å²) >= 11 is 0. The highest BCUT2D eigenvalue weighted by atomic mass is 15.3. The van der Waals surface area contributed by atoms with E-state index in [1.807, 2.05) is 23.1 Å². The smallest absolute Gasteiger partial charge is 0.101 e. The molecule has 0 radical (unpaired) electrons. The van der Waals surface area contributed by atoms with Crippen molar-refractivity contribution in [2.75, 3.05) is 6.54 Å². The molecule has 11 heavy (non-hydrogen) atoms. The summed E-state index contributed by atoms with van der Waals surface area (Å²) in [5.74, 6) is 0. The van der Waals surface area contributed by atoms with Crippen LogP contribution in [0.4, 0.5) is 0 Å². The number of piperidine rings is 1. The molecule has 0 amide bonds. The van der Waals surface area contributed by atoms with Gasteiger partial charge in [0, 0.05) is 12.4 Å². The second-order valence-electron chi connectivity index (χ2n) is 2.95. The third-order valence-electron chi connectivity index (χ3n) is 2.13. The van der Waals surface area contributed by atoms with Crippen molar-refractivity contribution in [1.29, 1.82) is 0 Å². The molecule has 0 saturated carbocycles. The van der Waals surface area contributed by atoms with Crippen LogP contribution in [0.5, 0.6) is 0 Å². The minimum atomic E-state index is 0.443. The zero-order chi connectivity index (χ0) is 7.52. The topological polar surface area (TPSA) is 29.9 Å². The SMILES string of the molecule is c1cnn([C@H]2CCCCN2)c1. The highest BCUT2D eigenvalue weighted by molar-refractivity contribution is 4.82. The van der Waals surface area contributed by atoms with E-state index in [2.05, 4.69) is 10.4 Å². The Bertz CT molecular complexity index is 199. The van der Waals surface area contributed by atoms with Gasteiger partial charge in [0.2, 0.25) is 0 Å². The fourth-order valence-electron chi connectivity index (χ4n) is 1.52. The standard InChI is InChI=1S/C8H13N3/c1-2-5-9-8(4-1)11-7-3-6-10-11/h3,6-9H,1-2,4-5H2/t8-/m0/s1. The van der Waals surface area contributed by atoms with Gasteiger partial charge in [0.05, 0.1) is 0 Å². The first-order chi connectivity index (χ1) is 5.47. The van der Waals surface area contributed by atoms with Crippen molar-refractivity contribution in [2.45, 2.75) is 25.4 Å². The second-order valence-corrected chi connectivity index (χ2v) is 2.95. The van der Waals surface area contributed by atoms with E-state index in [1.54, 1.807) is 0 Å². The zero-order valence-electron chi connectivity index (χ0n) is 6.53. The molecule has 0 bridgehead atoms. The van der Waals surface area contributed by atoms with Gasteiger partial charge < -0.3 is 0 Å². The van der Waals surface area contributed by atoms with Crippen LogP contribution in [0.15, 0.2) is 18.5 Å². The molecule has 0 aromatic carbocycles. The summed E-state index contributed by atoms with van der Waals surface area (Å²) in [6.45, 7) is 1.13. The predicted molar refractivity (Wildman–Crippen MR) is 43.1 cm³/mol. The van der Waals surface area contributed by atoms with Gasteiger partial charge in [-0.05, 0) is 31.9 Å². The summed E-state index contributed by atoms with van der Waals surface area (Å²) in [5.41, 5.74) is 0. The molecule has 1 aliphatic heterocycles. The summed E-state index contributed by atoms with van der Waals surface area (Å²) in [6, 6.07) is 1.97. The van der Waals surface area contributed by atoms with Gasteiger partial charge in [-0.1, -0.05) is 0 Å². The molecule has 1 aliphatic rings. The van der Waals surface area contributed by atoms with E-state index in [-0.39, 0.29) is 0 Å². The molecular formula is C8H13N3. The Morgan fingerprint density at radius 2 is 2.45 bits per heavy atom. The van der Waals surface area contributed by atoms with Crippen LogP contribution in [0.1, 0.15) is 25.4 Å². The molecular weight excluding hydrogens is 138 g/mol. The summed E-state index contributed by atoms with van der Waals surface area (Å²) in [6.07, 6.45) is 8.12. The lowest BCUT2D eigenvalue weighted by molar-refractivity contribution is 0.298. The van der Waals surface area contributed by atoms with Crippen LogP contribution in [0.2, 0.25) is 0 Å². The highest BCUT2D eigenvalue weighted by Crippen LogP contribution is 2.14. The molecule has 3 heteroatoms. The van der Waals surface area contributed by atoms with Gasteiger partial charge in [-0.25, -0.2) is 0 Å². The van der Waals surface area contributed by atoms with Crippen molar-refractivity contribution in [3.8, 4) is 0 Å². The van der Waals surface area contributed by atoms with Crippen LogP contribution in [0, 0.1) is 0 Å². The fraction of sp³-hybridized carbons (Fsp3) is 0.625. The van der Waals surface area contributed by atoms with Crippen molar-refractivity contribution < 1.29 is 0 Å². The van der Waals surface area contributed by atoms with Crippen LogP contribution >= 0.6 is 0 Å². The first kappa shape index (κ1) is 6.85. The molecule has 0 unspecified atom stereocenters. The molecule has 2 heterocycles. The Balaban J connectivity index is 2.04. The summed E-state index contributed by atoms with van der Waals surface area (Å²) < 4.78 is 2.00. The average Bonchev–Trinajstić information content (AvgIpc) is 2.58. The van der Waals surface area contributed by atoms with E-state index in [4.69, 9.17) is 0 Å². The Morgan fingerprint density at radius 3 is 3.09 bits per heavy atom. The van der Waals surface area contributed by atoms with Gasteiger partial charge in [-0.3, -0.25) is 10.00 Å². The Morgan fingerprint density at radius 1 is 1.45 bits per heavy atom. The average molecular weight is 151 g/mol. The number of aromatic nitrogens is 2. The van der Waals surface area contributed by atoms with Crippen molar-refractivity contribution >= 4 is 0 Å². The normalized spacial score (nSPS) is 25.3. The monoisotopic (exact) mass is 151 g/mol. The second kappa shape index (κ2) is 3.05. The minimum Gasteiger partial charge on any atom is -0.296 e. The highest BCUT2D eigenvalue weighted by Gasteiger charge is 2.12. The van der Waals surface area contributed by atoms with Crippen LogP contribution in [0.25, 0.3) is 0 Å². The molecule has 60 valence electrons. The minimum absolute atomic E-state index is 0.443. The molecule has 1 atom stereocenters. The first-order valence-electron chi connectivity index (χ1n) is 4.19. The maximum absolute atomic E-state index is 4.19. The van der Waals surface area contributed by atoms with Gasteiger partial charge in [-0.2, -0.15) is 5.10 Å². The van der Waals surface area contributed by atoms with E-state index >= 15 is 0 Å². The Labute approximate surface area is 66.4 Å². The van der Waals surface area contributed by atoms with Crippen LogP contribution in [0.3, 0.4) is 0 Å². The van der Waals surface area contributed by atoms with Crippen LogP contribution in [-0.4, -0.2) is 16.3 Å². The Hall–Kier alpha value is -0.830. The van der Waals surface area contributed by atoms with Gasteiger partial charge in [0.25, 0.3) is 0 Å². The largest absolute Gasteiger partial charge is 0.296 e. The summed E-state index contributed by atoms with van der Waals surface area (Å²) in [4.78, 5) is 0. The van der Waals surface area contributed by atoms with E-state index in [9.17, 15) is 0 Å². The number of rotatable bonds is 1. The van der Waals surface area contributed by atoms with Gasteiger partial charge >= 0.3 is 0 Å². The lowest BCUT2D eigenvalue weighted by Crippen LogP contribution is -2.31. The van der Waals surface area contributed by atoms with E-state index in [0.29, 0.717) is 6.17 Å². The first-order valence-corrected chi connectivity index (χ1v) is 4.19. The van der Waals surface area contributed by atoms with E-state index < -0.39 is 0 Å². The molecule has 0 aliphatic carbocycles. The maximum atomic E-state index is 4.19. The van der Waals surface area contributed by atoms with Crippen molar-refractivity contribution in [1.82, 2.24) is 15.1 Å². The van der Waals surface area contributed by atoms with Crippen molar-refractivity contribution in [2.24, 2.45) is 0 Å². The summed E-state index contributed by atoms with van der Waals surface area (Å²) in [7, 11) is 0. The molecule has 1 aromatic heterocycles.